The molecule has 10 heteroatoms. The molecular formula is C24H22ClN3O5S. The molecule has 176 valence electrons. The van der Waals surface area contributed by atoms with Gasteiger partial charge < -0.3 is 19.5 Å². The number of halogens is 1. The van der Waals surface area contributed by atoms with Gasteiger partial charge in [-0.2, -0.15) is 0 Å². The van der Waals surface area contributed by atoms with Crippen molar-refractivity contribution in [3.05, 3.63) is 71.4 Å². The Bertz CT molecular complexity index is 1440. The standard InChI is InChI=1S/C24H22ClN3O5S/c1-31-17-11-16(12-18(13-17)32-2)26-24-21(27-19-6-4-5-7-20(19)28-24)14-34(29,30)23-10-15(25)8-9-22(23)33-3/h4-13H,14H2,1-3H3,(H,26,28). The molecule has 0 bridgehead atoms. The van der Waals surface area contributed by atoms with E-state index in [1.165, 1.54) is 19.2 Å². The summed E-state index contributed by atoms with van der Waals surface area (Å²) in [5, 5.41) is 3.46. The first-order chi connectivity index (χ1) is 16.3. The zero-order valence-electron chi connectivity index (χ0n) is 18.7. The van der Waals surface area contributed by atoms with Crippen molar-refractivity contribution in [2.75, 3.05) is 26.6 Å². The Kier molecular flexibility index (Phi) is 6.76. The lowest BCUT2D eigenvalue weighted by Crippen LogP contribution is -2.11. The fourth-order valence-electron chi connectivity index (χ4n) is 3.40. The van der Waals surface area contributed by atoms with Gasteiger partial charge in [-0.15, -0.1) is 0 Å². The fraction of sp³-hybridized carbons (Fsp3) is 0.167. The minimum atomic E-state index is -3.89. The number of methoxy groups -OCH3 is 3. The van der Waals surface area contributed by atoms with Crippen LogP contribution in [0.25, 0.3) is 11.0 Å². The van der Waals surface area contributed by atoms with Crippen LogP contribution in [0, 0.1) is 0 Å². The minimum Gasteiger partial charge on any atom is -0.497 e. The normalized spacial score (nSPS) is 11.3. The largest absolute Gasteiger partial charge is 0.497 e. The molecule has 3 aromatic carbocycles. The molecule has 1 heterocycles. The molecule has 4 rings (SSSR count). The van der Waals surface area contributed by atoms with Crippen molar-refractivity contribution >= 4 is 44.0 Å². The number of rotatable bonds is 8. The summed E-state index contributed by atoms with van der Waals surface area (Å²) in [6.45, 7) is 0. The predicted octanol–water partition coefficient (Wildman–Crippen LogP) is 5.03. The van der Waals surface area contributed by atoms with Crippen molar-refractivity contribution in [2.45, 2.75) is 10.6 Å². The maximum absolute atomic E-state index is 13.4. The van der Waals surface area contributed by atoms with Crippen molar-refractivity contribution in [1.29, 1.82) is 0 Å². The third-order valence-electron chi connectivity index (χ3n) is 5.04. The summed E-state index contributed by atoms with van der Waals surface area (Å²) in [6.07, 6.45) is 0. The van der Waals surface area contributed by atoms with Gasteiger partial charge in [-0.25, -0.2) is 18.4 Å². The summed E-state index contributed by atoms with van der Waals surface area (Å²) in [7, 11) is 0.608. The lowest BCUT2D eigenvalue weighted by molar-refractivity contribution is 0.395. The van der Waals surface area contributed by atoms with E-state index in [1.54, 1.807) is 50.6 Å². The molecule has 0 aliphatic rings. The first kappa shape index (κ1) is 23.6. The van der Waals surface area contributed by atoms with Crippen LogP contribution in [0.2, 0.25) is 5.02 Å². The smallest absolute Gasteiger partial charge is 0.187 e. The van der Waals surface area contributed by atoms with Crippen molar-refractivity contribution < 1.29 is 22.6 Å². The number of ether oxygens (including phenoxy) is 3. The zero-order valence-corrected chi connectivity index (χ0v) is 20.3. The average molecular weight is 500 g/mol. The highest BCUT2D eigenvalue weighted by atomic mass is 35.5. The fourth-order valence-corrected chi connectivity index (χ4v) is 5.12. The number of hydrogen-bond acceptors (Lipinski definition) is 8. The first-order valence-electron chi connectivity index (χ1n) is 10.1. The third kappa shape index (κ3) is 5.00. The highest BCUT2D eigenvalue weighted by Crippen LogP contribution is 2.33. The number of hydrogen-bond donors (Lipinski definition) is 1. The lowest BCUT2D eigenvalue weighted by Gasteiger charge is -2.15. The van der Waals surface area contributed by atoms with Crippen LogP contribution in [-0.2, 0) is 15.6 Å². The topological polar surface area (TPSA) is 99.6 Å². The van der Waals surface area contributed by atoms with Gasteiger partial charge in [0.2, 0.25) is 0 Å². The second-order valence-electron chi connectivity index (χ2n) is 7.29. The van der Waals surface area contributed by atoms with Gasteiger partial charge in [0, 0.05) is 28.9 Å². The molecule has 0 aliphatic heterocycles. The van der Waals surface area contributed by atoms with Gasteiger partial charge in [0.1, 0.15) is 27.9 Å². The van der Waals surface area contributed by atoms with E-state index in [0.29, 0.717) is 34.0 Å². The Balaban J connectivity index is 1.81. The van der Waals surface area contributed by atoms with Gasteiger partial charge in [-0.1, -0.05) is 23.7 Å². The Morgan fingerprint density at radius 1 is 0.853 bits per heavy atom. The van der Waals surface area contributed by atoms with E-state index in [0.717, 1.165) is 0 Å². The SMILES string of the molecule is COc1cc(Nc2nc3ccccc3nc2CS(=O)(=O)c2cc(Cl)ccc2OC)cc(OC)c1. The molecule has 0 aliphatic carbocycles. The van der Waals surface area contributed by atoms with Crippen LogP contribution in [0.15, 0.2) is 65.6 Å². The number of para-hydroxylation sites is 2. The van der Waals surface area contributed by atoms with E-state index >= 15 is 0 Å². The second-order valence-corrected chi connectivity index (χ2v) is 9.68. The molecule has 0 fully saturated rings. The molecular weight excluding hydrogens is 478 g/mol. The molecule has 0 unspecified atom stereocenters. The summed E-state index contributed by atoms with van der Waals surface area (Å²) < 4.78 is 42.7. The van der Waals surface area contributed by atoms with Gasteiger partial charge >= 0.3 is 0 Å². The summed E-state index contributed by atoms with van der Waals surface area (Å²) in [5.74, 6) is 1.19. The number of anilines is 2. The molecule has 0 saturated heterocycles. The van der Waals surface area contributed by atoms with E-state index in [-0.39, 0.29) is 21.4 Å². The summed E-state index contributed by atoms with van der Waals surface area (Å²) >= 11 is 6.07. The Morgan fingerprint density at radius 3 is 2.12 bits per heavy atom. The number of sulfone groups is 1. The molecule has 0 spiro atoms. The monoisotopic (exact) mass is 499 g/mol. The van der Waals surface area contributed by atoms with Gasteiger partial charge in [0.05, 0.1) is 38.1 Å². The van der Waals surface area contributed by atoms with Gasteiger partial charge in [-0.3, -0.25) is 0 Å². The van der Waals surface area contributed by atoms with Crippen LogP contribution in [0.1, 0.15) is 5.69 Å². The zero-order chi connectivity index (χ0) is 24.3. The van der Waals surface area contributed by atoms with Crippen LogP contribution in [-0.4, -0.2) is 39.7 Å². The number of aromatic nitrogens is 2. The van der Waals surface area contributed by atoms with E-state index in [1.807, 2.05) is 12.1 Å². The van der Waals surface area contributed by atoms with Crippen molar-refractivity contribution in [3.8, 4) is 17.2 Å². The number of benzene rings is 3. The molecule has 0 amide bonds. The lowest BCUT2D eigenvalue weighted by atomic mass is 10.2. The number of nitrogens with one attached hydrogen (secondary N) is 1. The number of fused-ring (bicyclic) bond motifs is 1. The minimum absolute atomic E-state index is 0.0218. The summed E-state index contributed by atoms with van der Waals surface area (Å²) in [4.78, 5) is 9.23. The first-order valence-corrected chi connectivity index (χ1v) is 12.2. The average Bonchev–Trinajstić information content (AvgIpc) is 2.83. The molecule has 0 atom stereocenters. The van der Waals surface area contributed by atoms with Gasteiger partial charge in [0.25, 0.3) is 0 Å². The maximum atomic E-state index is 13.4. The van der Waals surface area contributed by atoms with Crippen molar-refractivity contribution in [3.63, 3.8) is 0 Å². The summed E-state index contributed by atoms with van der Waals surface area (Å²) in [6, 6.07) is 16.9. The quantitative estimate of drug-likeness (QED) is 0.360. The summed E-state index contributed by atoms with van der Waals surface area (Å²) in [5.41, 5.74) is 2.02. The highest BCUT2D eigenvalue weighted by molar-refractivity contribution is 7.90. The molecule has 34 heavy (non-hydrogen) atoms. The Labute approximate surface area is 202 Å². The molecule has 1 aromatic heterocycles. The Morgan fingerprint density at radius 2 is 1.50 bits per heavy atom. The van der Waals surface area contributed by atoms with Crippen molar-refractivity contribution in [2.24, 2.45) is 0 Å². The van der Waals surface area contributed by atoms with Gasteiger partial charge in [-0.05, 0) is 30.3 Å². The van der Waals surface area contributed by atoms with Crippen LogP contribution < -0.4 is 19.5 Å². The van der Waals surface area contributed by atoms with E-state index in [2.05, 4.69) is 15.3 Å². The van der Waals surface area contributed by atoms with E-state index in [9.17, 15) is 8.42 Å². The van der Waals surface area contributed by atoms with E-state index < -0.39 is 15.6 Å². The molecule has 0 radical (unpaired) electrons. The van der Waals surface area contributed by atoms with Crippen LogP contribution in [0.4, 0.5) is 11.5 Å². The predicted molar refractivity (Wildman–Crippen MR) is 131 cm³/mol. The van der Waals surface area contributed by atoms with Crippen molar-refractivity contribution in [1.82, 2.24) is 9.97 Å². The van der Waals surface area contributed by atoms with Gasteiger partial charge in [0.15, 0.2) is 15.7 Å². The van der Waals surface area contributed by atoms with Crippen LogP contribution in [0.3, 0.4) is 0 Å². The van der Waals surface area contributed by atoms with Crippen LogP contribution >= 0.6 is 11.6 Å². The Hall–Kier alpha value is -3.56. The maximum Gasteiger partial charge on any atom is 0.187 e. The molecule has 1 N–H and O–H groups in total. The third-order valence-corrected chi connectivity index (χ3v) is 6.92. The molecule has 4 aromatic rings. The van der Waals surface area contributed by atoms with Crippen LogP contribution in [0.5, 0.6) is 17.2 Å². The van der Waals surface area contributed by atoms with E-state index in [4.69, 9.17) is 25.8 Å². The number of nitrogens with zero attached hydrogens (tertiary/aromatic N) is 2. The highest BCUT2D eigenvalue weighted by Gasteiger charge is 2.24. The molecule has 8 nitrogen and oxygen atoms in total. The molecule has 0 saturated carbocycles. The second kappa shape index (κ2) is 9.74.